The molecule has 0 radical (unpaired) electrons. The fourth-order valence-corrected chi connectivity index (χ4v) is 3.23. The van der Waals surface area contributed by atoms with Crippen molar-refractivity contribution in [3.63, 3.8) is 0 Å². The van der Waals surface area contributed by atoms with E-state index in [4.69, 9.17) is 0 Å². The Balaban J connectivity index is 2.22. The molecule has 0 fully saturated rings. The van der Waals surface area contributed by atoms with E-state index in [1.807, 2.05) is 25.5 Å². The van der Waals surface area contributed by atoms with Crippen molar-refractivity contribution in [3.05, 3.63) is 38.8 Å². The third kappa shape index (κ3) is 4.10. The van der Waals surface area contributed by atoms with Gasteiger partial charge in [0.15, 0.2) is 0 Å². The predicted octanol–water partition coefficient (Wildman–Crippen LogP) is 3.02. The minimum Gasteiger partial charge on any atom is -0.308 e. The Morgan fingerprint density at radius 2 is 2.20 bits per heavy atom. The highest BCUT2D eigenvalue weighted by atomic mass is 79.9. The summed E-state index contributed by atoms with van der Waals surface area (Å²) >= 11 is 7.01. The summed E-state index contributed by atoms with van der Waals surface area (Å²) in [6.07, 6.45) is 5.59. The quantitative estimate of drug-likeness (QED) is 0.806. The van der Waals surface area contributed by atoms with Crippen LogP contribution in [0.5, 0.6) is 0 Å². The molecule has 5 nitrogen and oxygen atoms in total. The van der Waals surface area contributed by atoms with Gasteiger partial charge in [0.25, 0.3) is 0 Å². The lowest BCUT2D eigenvalue weighted by atomic mass is 10.1. The molecule has 2 heterocycles. The molecule has 0 amide bonds. The number of aryl methyl sites for hydroxylation is 1. The molecule has 2 rings (SSSR count). The van der Waals surface area contributed by atoms with Crippen molar-refractivity contribution in [2.45, 2.75) is 25.8 Å². The Hall–Kier alpha value is -0.790. The Bertz CT molecular complexity index is 570. The largest absolute Gasteiger partial charge is 0.308 e. The number of rotatable bonds is 6. The van der Waals surface area contributed by atoms with Gasteiger partial charge in [-0.1, -0.05) is 12.1 Å². The summed E-state index contributed by atoms with van der Waals surface area (Å²) in [5, 5.41) is 11.7. The lowest BCUT2D eigenvalue weighted by Gasteiger charge is -2.18. The van der Waals surface area contributed by atoms with E-state index in [9.17, 15) is 0 Å². The molecule has 0 aliphatic rings. The number of hydrogen-bond acceptors (Lipinski definition) is 4. The number of nitrogens with zero attached hydrogens (tertiary/aromatic N) is 4. The first kappa shape index (κ1) is 15.6. The maximum Gasteiger partial charge on any atom is 0.0846 e. The van der Waals surface area contributed by atoms with Crippen molar-refractivity contribution in [1.82, 2.24) is 25.3 Å². The highest BCUT2D eigenvalue weighted by Gasteiger charge is 2.18. The van der Waals surface area contributed by atoms with Crippen LogP contribution >= 0.6 is 31.9 Å². The minimum atomic E-state index is 0.120. The molecule has 0 spiro atoms. The highest BCUT2D eigenvalue weighted by Crippen LogP contribution is 2.26. The molecule has 7 heteroatoms. The summed E-state index contributed by atoms with van der Waals surface area (Å²) in [6, 6.07) is 2.13. The third-order valence-corrected chi connectivity index (χ3v) is 3.94. The van der Waals surface area contributed by atoms with Crippen molar-refractivity contribution in [2.24, 2.45) is 7.05 Å². The van der Waals surface area contributed by atoms with Gasteiger partial charge in [-0.25, -0.2) is 0 Å². The Kier molecular flexibility index (Phi) is 5.68. The van der Waals surface area contributed by atoms with Crippen LogP contribution in [-0.4, -0.2) is 26.5 Å². The molecule has 0 saturated heterocycles. The lowest BCUT2D eigenvalue weighted by molar-refractivity contribution is 0.511. The van der Waals surface area contributed by atoms with Crippen LogP contribution in [0.15, 0.2) is 27.4 Å². The van der Waals surface area contributed by atoms with E-state index < -0.39 is 0 Å². The Labute approximate surface area is 135 Å². The number of nitrogens with one attached hydrogen (secondary N) is 1. The van der Waals surface area contributed by atoms with Crippen molar-refractivity contribution in [3.8, 4) is 0 Å². The summed E-state index contributed by atoms with van der Waals surface area (Å²) in [7, 11) is 1.87. The monoisotopic (exact) mass is 401 g/mol. The van der Waals surface area contributed by atoms with E-state index in [0.717, 1.165) is 39.7 Å². The van der Waals surface area contributed by atoms with Crippen molar-refractivity contribution < 1.29 is 0 Å². The van der Waals surface area contributed by atoms with Gasteiger partial charge in [-0.2, -0.15) is 0 Å². The zero-order valence-corrected chi connectivity index (χ0v) is 14.6. The Morgan fingerprint density at radius 3 is 2.80 bits per heavy atom. The molecule has 0 aliphatic heterocycles. The van der Waals surface area contributed by atoms with Gasteiger partial charge in [-0.05, 0) is 50.9 Å². The zero-order chi connectivity index (χ0) is 14.5. The zero-order valence-electron chi connectivity index (χ0n) is 11.5. The fraction of sp³-hybridized carbons (Fsp3) is 0.462. The van der Waals surface area contributed by atoms with Crippen LogP contribution in [0.4, 0.5) is 0 Å². The van der Waals surface area contributed by atoms with Crippen molar-refractivity contribution in [1.29, 1.82) is 0 Å². The molecule has 1 unspecified atom stereocenters. The first-order chi connectivity index (χ1) is 9.60. The van der Waals surface area contributed by atoms with Crippen LogP contribution in [0.1, 0.15) is 30.8 Å². The molecule has 20 heavy (non-hydrogen) atoms. The summed E-state index contributed by atoms with van der Waals surface area (Å²) in [5.74, 6) is 0. The summed E-state index contributed by atoms with van der Waals surface area (Å²) in [4.78, 5) is 4.52. The fourth-order valence-electron chi connectivity index (χ4n) is 1.96. The number of aromatic nitrogens is 4. The van der Waals surface area contributed by atoms with Gasteiger partial charge in [0.05, 0.1) is 17.4 Å². The SMILES string of the molecule is CCCNC(Cc1cn(C)nn1)c1ncc(Br)cc1Br. The van der Waals surface area contributed by atoms with Gasteiger partial charge in [0.1, 0.15) is 0 Å². The standard InChI is InChI=1S/C13H17Br2N5/c1-3-4-16-12(6-10-8-20(2)19-18-10)13-11(15)5-9(14)7-17-13/h5,7-8,12,16H,3-4,6H2,1-2H3. The van der Waals surface area contributed by atoms with Crippen LogP contribution in [-0.2, 0) is 13.5 Å². The lowest BCUT2D eigenvalue weighted by Crippen LogP contribution is -2.25. The maximum atomic E-state index is 4.52. The van der Waals surface area contributed by atoms with Gasteiger partial charge in [0.2, 0.25) is 0 Å². The predicted molar refractivity (Wildman–Crippen MR) is 85.4 cm³/mol. The highest BCUT2D eigenvalue weighted by molar-refractivity contribution is 9.11. The number of hydrogen-bond donors (Lipinski definition) is 1. The van der Waals surface area contributed by atoms with Crippen molar-refractivity contribution in [2.75, 3.05) is 6.54 Å². The second-order valence-corrected chi connectivity index (χ2v) is 6.38. The van der Waals surface area contributed by atoms with Gasteiger partial charge in [-0.3, -0.25) is 9.67 Å². The van der Waals surface area contributed by atoms with Gasteiger partial charge < -0.3 is 5.32 Å². The summed E-state index contributed by atoms with van der Waals surface area (Å²) < 4.78 is 3.67. The maximum absolute atomic E-state index is 4.52. The molecule has 1 atom stereocenters. The van der Waals surface area contributed by atoms with E-state index in [0.29, 0.717) is 0 Å². The van der Waals surface area contributed by atoms with E-state index >= 15 is 0 Å². The normalized spacial score (nSPS) is 12.6. The minimum absolute atomic E-state index is 0.120. The van der Waals surface area contributed by atoms with E-state index in [-0.39, 0.29) is 6.04 Å². The van der Waals surface area contributed by atoms with E-state index in [2.05, 4.69) is 59.4 Å². The summed E-state index contributed by atoms with van der Waals surface area (Å²) in [5.41, 5.74) is 1.95. The van der Waals surface area contributed by atoms with Crippen LogP contribution in [0.3, 0.4) is 0 Å². The molecule has 0 aromatic carbocycles. The molecule has 0 bridgehead atoms. The molecule has 2 aromatic rings. The second-order valence-electron chi connectivity index (χ2n) is 4.61. The number of halogens is 2. The molecule has 108 valence electrons. The topological polar surface area (TPSA) is 55.6 Å². The Morgan fingerprint density at radius 1 is 1.40 bits per heavy atom. The molecule has 0 aliphatic carbocycles. The van der Waals surface area contributed by atoms with Crippen LogP contribution in [0, 0.1) is 0 Å². The van der Waals surface area contributed by atoms with Crippen LogP contribution in [0.25, 0.3) is 0 Å². The second kappa shape index (κ2) is 7.28. The average Bonchev–Trinajstić information content (AvgIpc) is 2.80. The smallest absolute Gasteiger partial charge is 0.0846 e. The van der Waals surface area contributed by atoms with Gasteiger partial charge in [-0.15, -0.1) is 5.10 Å². The first-order valence-electron chi connectivity index (χ1n) is 6.49. The number of pyridine rings is 1. The van der Waals surface area contributed by atoms with E-state index in [1.54, 1.807) is 4.68 Å². The average molecular weight is 403 g/mol. The molecule has 1 N–H and O–H groups in total. The summed E-state index contributed by atoms with van der Waals surface area (Å²) in [6.45, 7) is 3.09. The van der Waals surface area contributed by atoms with E-state index in [1.165, 1.54) is 0 Å². The van der Waals surface area contributed by atoms with Crippen LogP contribution in [0.2, 0.25) is 0 Å². The van der Waals surface area contributed by atoms with Gasteiger partial charge >= 0.3 is 0 Å². The molecule has 2 aromatic heterocycles. The third-order valence-electron chi connectivity index (χ3n) is 2.87. The van der Waals surface area contributed by atoms with Gasteiger partial charge in [0, 0.05) is 34.8 Å². The molecule has 0 saturated carbocycles. The molecular weight excluding hydrogens is 386 g/mol. The van der Waals surface area contributed by atoms with Crippen molar-refractivity contribution >= 4 is 31.9 Å². The van der Waals surface area contributed by atoms with Crippen LogP contribution < -0.4 is 5.32 Å². The first-order valence-corrected chi connectivity index (χ1v) is 8.08. The molecular formula is C13H17Br2N5.